The van der Waals surface area contributed by atoms with Crippen LogP contribution in [0.5, 0.6) is 0 Å². The molecular weight excluding hydrogens is 585 g/mol. The molecule has 0 fully saturated rings. The quantitative estimate of drug-likeness (QED) is 0.174. The molecule has 1 aromatic heterocycles. The van der Waals surface area contributed by atoms with Crippen molar-refractivity contribution < 1.29 is 0 Å². The maximum Gasteiger partial charge on any atom is 0.0361 e. The van der Waals surface area contributed by atoms with Crippen LogP contribution in [0.15, 0.2) is 170 Å². The Kier molecular flexibility index (Phi) is 5.85. The van der Waals surface area contributed by atoms with Crippen molar-refractivity contribution in [2.75, 3.05) is 0 Å². The van der Waals surface area contributed by atoms with Gasteiger partial charge in [-0.25, -0.2) is 0 Å². The molecule has 1 heterocycles. The summed E-state index contributed by atoms with van der Waals surface area (Å²) in [6.45, 7) is 0. The third-order valence-electron chi connectivity index (χ3n) is 9.80. The second kappa shape index (κ2) is 10.4. The molecule has 0 aliphatic rings. The molecule has 10 rings (SSSR count). The number of rotatable bonds is 3. The molecule has 218 valence electrons. The molecule has 0 nitrogen and oxygen atoms in total. The predicted molar refractivity (Wildman–Crippen MR) is 206 cm³/mol. The molecule has 0 saturated carbocycles. The Morgan fingerprint density at radius 3 is 1.53 bits per heavy atom. The van der Waals surface area contributed by atoms with E-state index in [1.54, 1.807) is 0 Å². The van der Waals surface area contributed by atoms with Crippen molar-refractivity contribution in [3.63, 3.8) is 0 Å². The van der Waals surface area contributed by atoms with E-state index in [0.717, 1.165) is 0 Å². The molecule has 10 aromatic rings. The van der Waals surface area contributed by atoms with Crippen LogP contribution in [0.2, 0.25) is 0 Å². The largest absolute Gasteiger partial charge is 0.135 e. The Bertz CT molecular complexity index is 2780. The van der Waals surface area contributed by atoms with Gasteiger partial charge >= 0.3 is 0 Å². The number of benzene rings is 9. The zero-order chi connectivity index (χ0) is 30.9. The van der Waals surface area contributed by atoms with Gasteiger partial charge in [-0.05, 0) is 113 Å². The second-order valence-electron chi connectivity index (χ2n) is 12.5. The number of hydrogen-bond acceptors (Lipinski definition) is 1. The van der Waals surface area contributed by atoms with Gasteiger partial charge in [-0.3, -0.25) is 0 Å². The fraction of sp³-hybridized carbons (Fsp3) is 0. The lowest BCUT2D eigenvalue weighted by atomic mass is 9.84. The van der Waals surface area contributed by atoms with Crippen molar-refractivity contribution >= 4 is 74.6 Å². The van der Waals surface area contributed by atoms with Crippen LogP contribution in [-0.4, -0.2) is 0 Å². The average Bonchev–Trinajstić information content (AvgIpc) is 3.49. The van der Waals surface area contributed by atoms with Gasteiger partial charge in [0, 0.05) is 20.2 Å². The third-order valence-corrected chi connectivity index (χ3v) is 10.9. The van der Waals surface area contributed by atoms with Crippen molar-refractivity contribution in [3.05, 3.63) is 170 Å². The van der Waals surface area contributed by atoms with Gasteiger partial charge in [0.05, 0.1) is 0 Å². The summed E-state index contributed by atoms with van der Waals surface area (Å²) in [5.74, 6) is 0. The highest BCUT2D eigenvalue weighted by atomic mass is 32.1. The van der Waals surface area contributed by atoms with Gasteiger partial charge in [-0.1, -0.05) is 133 Å². The second-order valence-corrected chi connectivity index (χ2v) is 13.5. The molecule has 0 bridgehead atoms. The maximum absolute atomic E-state index is 2.43. The van der Waals surface area contributed by atoms with Crippen LogP contribution < -0.4 is 0 Å². The van der Waals surface area contributed by atoms with E-state index in [4.69, 9.17) is 0 Å². The van der Waals surface area contributed by atoms with Crippen LogP contribution >= 0.6 is 11.3 Å². The van der Waals surface area contributed by atoms with Gasteiger partial charge in [-0.15, -0.1) is 11.3 Å². The first-order valence-corrected chi connectivity index (χ1v) is 17.0. The lowest BCUT2D eigenvalue weighted by Crippen LogP contribution is -1.92. The molecule has 0 atom stereocenters. The van der Waals surface area contributed by atoms with Crippen molar-refractivity contribution in [2.24, 2.45) is 0 Å². The normalized spacial score (nSPS) is 11.8. The fourth-order valence-corrected chi connectivity index (χ4v) is 8.78. The molecule has 47 heavy (non-hydrogen) atoms. The number of hydrogen-bond donors (Lipinski definition) is 0. The van der Waals surface area contributed by atoms with Crippen LogP contribution in [-0.2, 0) is 0 Å². The first kappa shape index (κ1) is 26.5. The van der Waals surface area contributed by atoms with Gasteiger partial charge in [0.15, 0.2) is 0 Å². The van der Waals surface area contributed by atoms with Gasteiger partial charge in [0.2, 0.25) is 0 Å². The van der Waals surface area contributed by atoms with Crippen LogP contribution in [0.25, 0.3) is 96.6 Å². The first-order valence-electron chi connectivity index (χ1n) is 16.2. The Morgan fingerprint density at radius 2 is 0.830 bits per heavy atom. The molecule has 0 radical (unpaired) electrons. The highest BCUT2D eigenvalue weighted by molar-refractivity contribution is 7.25. The Balaban J connectivity index is 1.27. The zero-order valence-corrected chi connectivity index (χ0v) is 26.4. The summed E-state index contributed by atoms with van der Waals surface area (Å²) in [5.41, 5.74) is 7.58. The average molecular weight is 613 g/mol. The summed E-state index contributed by atoms with van der Waals surface area (Å²) in [5, 5.41) is 12.9. The Hall–Kier alpha value is -5.76. The summed E-state index contributed by atoms with van der Waals surface area (Å²) < 4.78 is 2.67. The molecule has 0 aliphatic carbocycles. The topological polar surface area (TPSA) is 0 Å². The number of fused-ring (bicyclic) bond motifs is 7. The van der Waals surface area contributed by atoms with Crippen molar-refractivity contribution in [3.8, 4) is 33.4 Å². The van der Waals surface area contributed by atoms with E-state index < -0.39 is 0 Å². The summed E-state index contributed by atoms with van der Waals surface area (Å²) >= 11 is 1.89. The van der Waals surface area contributed by atoms with E-state index in [9.17, 15) is 0 Å². The fourth-order valence-electron chi connectivity index (χ4n) is 7.66. The van der Waals surface area contributed by atoms with E-state index in [0.29, 0.717) is 0 Å². The summed E-state index contributed by atoms with van der Waals surface area (Å²) in [6, 6.07) is 62.8. The standard InChI is InChI=1S/C46H28S/c1-2-12-29(13-3-1)45-36-18-8-10-20-38(36)46(39-21-11-9-19-37(39)45)42-27-34(24-33-16-6-7-17-35(33)42)32-22-23-43-40(26-32)41-25-30-14-4-5-15-31(30)28-44(41)47-43/h1-28H. The van der Waals surface area contributed by atoms with Gasteiger partial charge < -0.3 is 0 Å². The van der Waals surface area contributed by atoms with Crippen molar-refractivity contribution in [2.45, 2.75) is 0 Å². The summed E-state index contributed by atoms with van der Waals surface area (Å²) in [6.07, 6.45) is 0. The van der Waals surface area contributed by atoms with E-state index >= 15 is 0 Å². The van der Waals surface area contributed by atoms with Crippen LogP contribution in [0.4, 0.5) is 0 Å². The molecule has 0 saturated heterocycles. The van der Waals surface area contributed by atoms with E-state index in [-0.39, 0.29) is 0 Å². The van der Waals surface area contributed by atoms with E-state index in [1.807, 2.05) is 11.3 Å². The Labute approximate surface area is 276 Å². The predicted octanol–water partition coefficient (Wildman–Crippen LogP) is 13.7. The minimum absolute atomic E-state index is 1.24. The van der Waals surface area contributed by atoms with Crippen molar-refractivity contribution in [1.29, 1.82) is 0 Å². The molecule has 0 unspecified atom stereocenters. The minimum atomic E-state index is 1.24. The molecule has 1 heteroatoms. The molecule has 9 aromatic carbocycles. The zero-order valence-electron chi connectivity index (χ0n) is 25.6. The van der Waals surface area contributed by atoms with E-state index in [1.165, 1.54) is 96.6 Å². The highest BCUT2D eigenvalue weighted by Crippen LogP contribution is 2.47. The van der Waals surface area contributed by atoms with Crippen molar-refractivity contribution in [1.82, 2.24) is 0 Å². The molecule has 0 aliphatic heterocycles. The van der Waals surface area contributed by atoms with Crippen LogP contribution in [0, 0.1) is 0 Å². The molecule has 0 spiro atoms. The summed E-state index contributed by atoms with van der Waals surface area (Å²) in [4.78, 5) is 0. The monoisotopic (exact) mass is 612 g/mol. The molecule has 0 N–H and O–H groups in total. The van der Waals surface area contributed by atoms with Gasteiger partial charge in [0.1, 0.15) is 0 Å². The Morgan fingerprint density at radius 1 is 0.277 bits per heavy atom. The smallest absolute Gasteiger partial charge is 0.0361 e. The third kappa shape index (κ3) is 4.14. The number of thiophene rings is 1. The highest BCUT2D eigenvalue weighted by Gasteiger charge is 2.19. The first-order chi connectivity index (χ1) is 23.3. The maximum atomic E-state index is 2.43. The molecular formula is C46H28S. The minimum Gasteiger partial charge on any atom is -0.135 e. The van der Waals surface area contributed by atoms with E-state index in [2.05, 4.69) is 170 Å². The van der Waals surface area contributed by atoms with Crippen LogP contribution in [0.3, 0.4) is 0 Å². The van der Waals surface area contributed by atoms with Gasteiger partial charge in [0.25, 0.3) is 0 Å². The SMILES string of the molecule is c1ccc(-c2c3ccccc3c(-c3cc(-c4ccc5sc6cc7ccccc7cc6c5c4)cc4ccccc34)c3ccccc23)cc1. The lowest BCUT2D eigenvalue weighted by molar-refractivity contribution is 1.65. The van der Waals surface area contributed by atoms with Crippen LogP contribution in [0.1, 0.15) is 0 Å². The summed E-state index contributed by atoms with van der Waals surface area (Å²) in [7, 11) is 0. The molecule has 0 amide bonds. The lowest BCUT2D eigenvalue weighted by Gasteiger charge is -2.19. The van der Waals surface area contributed by atoms with Gasteiger partial charge in [-0.2, -0.15) is 0 Å².